The second-order valence-electron chi connectivity index (χ2n) is 3.30. The molecular weight excluding hydrogens is 355 g/mol. The van der Waals surface area contributed by atoms with Crippen molar-refractivity contribution in [2.45, 2.75) is 6.92 Å². The molecule has 0 saturated heterocycles. The van der Waals surface area contributed by atoms with Crippen LogP contribution >= 0.6 is 43.5 Å². The summed E-state index contributed by atoms with van der Waals surface area (Å²) in [5, 5.41) is 0.718. The lowest BCUT2D eigenvalue weighted by Crippen LogP contribution is -1.92. The quantitative estimate of drug-likeness (QED) is 0.691. The second-order valence-corrected chi connectivity index (χ2v) is 5.36. The molecule has 1 heterocycles. The molecule has 5 heteroatoms. The summed E-state index contributed by atoms with van der Waals surface area (Å²) in [6.45, 7) is 1.99. The number of hydrogen-bond donors (Lipinski definition) is 0. The first kappa shape index (κ1) is 12.0. The molecule has 0 radical (unpaired) electrons. The Morgan fingerprint density at radius 2 is 1.69 bits per heavy atom. The monoisotopic (exact) mass is 360 g/mol. The molecule has 0 aliphatic carbocycles. The molecule has 1 aromatic heterocycles. The summed E-state index contributed by atoms with van der Waals surface area (Å²) < 4.78 is 1.50. The predicted octanol–water partition coefficient (Wildman–Crippen LogP) is 4.63. The van der Waals surface area contributed by atoms with Gasteiger partial charge in [0.25, 0.3) is 0 Å². The first-order valence-electron chi connectivity index (χ1n) is 4.53. The zero-order valence-electron chi connectivity index (χ0n) is 8.34. The predicted molar refractivity (Wildman–Crippen MR) is 72.6 cm³/mol. The van der Waals surface area contributed by atoms with Crippen LogP contribution in [0.5, 0.6) is 0 Å². The number of benzene rings is 1. The Hall–Kier alpha value is -0.450. The third-order valence-corrected chi connectivity index (χ3v) is 3.14. The Labute approximate surface area is 115 Å². The van der Waals surface area contributed by atoms with Crippen molar-refractivity contribution < 1.29 is 0 Å². The van der Waals surface area contributed by atoms with Crippen LogP contribution in [-0.2, 0) is 0 Å². The van der Waals surface area contributed by atoms with E-state index in [1.165, 1.54) is 0 Å². The second kappa shape index (κ2) is 4.82. The van der Waals surface area contributed by atoms with Gasteiger partial charge in [0.1, 0.15) is 9.21 Å². The van der Waals surface area contributed by atoms with Crippen molar-refractivity contribution in [3.8, 4) is 11.4 Å². The van der Waals surface area contributed by atoms with Crippen LogP contribution in [0.3, 0.4) is 0 Å². The van der Waals surface area contributed by atoms with Crippen molar-refractivity contribution in [1.29, 1.82) is 0 Å². The fourth-order valence-electron chi connectivity index (χ4n) is 1.39. The van der Waals surface area contributed by atoms with E-state index in [2.05, 4.69) is 41.8 Å². The van der Waals surface area contributed by atoms with Gasteiger partial charge in [-0.05, 0) is 62.5 Å². The minimum absolute atomic E-state index is 0.676. The largest absolute Gasteiger partial charge is 0.221 e. The van der Waals surface area contributed by atoms with Crippen LogP contribution in [0.4, 0.5) is 0 Å². The molecule has 0 aliphatic heterocycles. The van der Waals surface area contributed by atoms with E-state index in [9.17, 15) is 0 Å². The van der Waals surface area contributed by atoms with Crippen LogP contribution in [0.1, 0.15) is 5.56 Å². The van der Waals surface area contributed by atoms with Gasteiger partial charge in [-0.15, -0.1) is 0 Å². The minimum atomic E-state index is 0.676. The van der Waals surface area contributed by atoms with Gasteiger partial charge < -0.3 is 0 Å². The summed E-state index contributed by atoms with van der Waals surface area (Å²) in [7, 11) is 0. The van der Waals surface area contributed by atoms with Gasteiger partial charge in [0.15, 0.2) is 5.82 Å². The standard InChI is InChI=1S/C11H7Br2ClN2/c1-6-4-7(14)2-3-8(6)11-15-9(12)5-10(13)16-11/h2-5H,1H3. The van der Waals surface area contributed by atoms with Gasteiger partial charge >= 0.3 is 0 Å². The highest BCUT2D eigenvalue weighted by molar-refractivity contribution is 9.11. The normalized spacial score (nSPS) is 10.5. The number of aromatic nitrogens is 2. The molecule has 0 fully saturated rings. The van der Waals surface area contributed by atoms with Crippen LogP contribution in [0.2, 0.25) is 5.02 Å². The molecular formula is C11H7Br2ClN2. The third-order valence-electron chi connectivity index (χ3n) is 2.09. The van der Waals surface area contributed by atoms with Gasteiger partial charge in [0, 0.05) is 16.7 Å². The molecule has 2 rings (SSSR count). The van der Waals surface area contributed by atoms with Crippen molar-refractivity contribution >= 4 is 43.5 Å². The first-order chi connectivity index (χ1) is 7.56. The van der Waals surface area contributed by atoms with Gasteiger partial charge in [-0.1, -0.05) is 11.6 Å². The van der Waals surface area contributed by atoms with E-state index in [4.69, 9.17) is 11.6 Å². The smallest absolute Gasteiger partial charge is 0.161 e. The summed E-state index contributed by atoms with van der Waals surface area (Å²) in [5.41, 5.74) is 2.03. The molecule has 0 bridgehead atoms. The maximum absolute atomic E-state index is 5.91. The summed E-state index contributed by atoms with van der Waals surface area (Å²) in [5.74, 6) is 0.676. The van der Waals surface area contributed by atoms with Crippen molar-refractivity contribution in [2.24, 2.45) is 0 Å². The Morgan fingerprint density at radius 3 is 2.25 bits per heavy atom. The number of halogens is 3. The number of hydrogen-bond acceptors (Lipinski definition) is 2. The van der Waals surface area contributed by atoms with Crippen molar-refractivity contribution in [2.75, 3.05) is 0 Å². The fourth-order valence-corrected chi connectivity index (χ4v) is 2.69. The Bertz CT molecular complexity index is 523. The van der Waals surface area contributed by atoms with Crippen LogP contribution in [0.15, 0.2) is 33.5 Å². The lowest BCUT2D eigenvalue weighted by molar-refractivity contribution is 1.12. The molecule has 0 atom stereocenters. The Morgan fingerprint density at radius 1 is 1.06 bits per heavy atom. The summed E-state index contributed by atoms with van der Waals surface area (Å²) >= 11 is 12.6. The van der Waals surface area contributed by atoms with Crippen LogP contribution < -0.4 is 0 Å². The van der Waals surface area contributed by atoms with Gasteiger partial charge in [-0.3, -0.25) is 0 Å². The maximum atomic E-state index is 5.91. The SMILES string of the molecule is Cc1cc(Cl)ccc1-c1nc(Br)cc(Br)n1. The maximum Gasteiger partial charge on any atom is 0.161 e. The highest BCUT2D eigenvalue weighted by Gasteiger charge is 2.07. The van der Waals surface area contributed by atoms with E-state index in [0.717, 1.165) is 25.4 Å². The summed E-state index contributed by atoms with van der Waals surface area (Å²) in [6.07, 6.45) is 0. The minimum Gasteiger partial charge on any atom is -0.221 e. The first-order valence-corrected chi connectivity index (χ1v) is 6.49. The molecule has 0 N–H and O–H groups in total. The fraction of sp³-hybridized carbons (Fsp3) is 0.0909. The number of nitrogens with zero attached hydrogens (tertiary/aromatic N) is 2. The van der Waals surface area contributed by atoms with Crippen molar-refractivity contribution in [3.63, 3.8) is 0 Å². The van der Waals surface area contributed by atoms with E-state index in [1.54, 1.807) is 6.07 Å². The molecule has 0 saturated carbocycles. The number of aryl methyl sites for hydroxylation is 1. The van der Waals surface area contributed by atoms with Crippen molar-refractivity contribution in [1.82, 2.24) is 9.97 Å². The van der Waals surface area contributed by atoms with Crippen LogP contribution in [0, 0.1) is 6.92 Å². The molecule has 82 valence electrons. The van der Waals surface area contributed by atoms with E-state index in [0.29, 0.717) is 5.82 Å². The van der Waals surface area contributed by atoms with Crippen LogP contribution in [-0.4, -0.2) is 9.97 Å². The molecule has 0 spiro atoms. The van der Waals surface area contributed by atoms with E-state index in [1.807, 2.05) is 25.1 Å². The van der Waals surface area contributed by atoms with Gasteiger partial charge in [-0.25, -0.2) is 9.97 Å². The third kappa shape index (κ3) is 2.62. The summed E-state index contributed by atoms with van der Waals surface area (Å²) in [6, 6.07) is 7.46. The lowest BCUT2D eigenvalue weighted by Gasteiger charge is -2.05. The average molecular weight is 362 g/mol. The highest BCUT2D eigenvalue weighted by Crippen LogP contribution is 2.25. The van der Waals surface area contributed by atoms with E-state index in [-0.39, 0.29) is 0 Å². The summed E-state index contributed by atoms with van der Waals surface area (Å²) in [4.78, 5) is 8.65. The van der Waals surface area contributed by atoms with Crippen molar-refractivity contribution in [3.05, 3.63) is 44.1 Å². The van der Waals surface area contributed by atoms with E-state index < -0.39 is 0 Å². The Kier molecular flexibility index (Phi) is 3.62. The zero-order valence-corrected chi connectivity index (χ0v) is 12.3. The average Bonchev–Trinajstić information content (AvgIpc) is 2.15. The lowest BCUT2D eigenvalue weighted by atomic mass is 10.1. The van der Waals surface area contributed by atoms with Gasteiger partial charge in [-0.2, -0.15) is 0 Å². The van der Waals surface area contributed by atoms with Gasteiger partial charge in [0.05, 0.1) is 0 Å². The van der Waals surface area contributed by atoms with Crippen LogP contribution in [0.25, 0.3) is 11.4 Å². The molecule has 2 aromatic rings. The zero-order chi connectivity index (χ0) is 11.7. The molecule has 0 aliphatic rings. The molecule has 0 unspecified atom stereocenters. The molecule has 2 nitrogen and oxygen atoms in total. The van der Waals surface area contributed by atoms with E-state index >= 15 is 0 Å². The molecule has 1 aromatic carbocycles. The molecule has 16 heavy (non-hydrogen) atoms. The topological polar surface area (TPSA) is 25.8 Å². The highest BCUT2D eigenvalue weighted by atomic mass is 79.9. The number of rotatable bonds is 1. The van der Waals surface area contributed by atoms with Gasteiger partial charge in [0.2, 0.25) is 0 Å². The molecule has 0 amide bonds. The Balaban J connectivity index is 2.58.